The molecular formula is C29H44N2O3S. The molecule has 194 valence electrons. The molecule has 0 aromatic heterocycles. The molecule has 3 N–H and O–H groups in total. The zero-order valence-corrected chi connectivity index (χ0v) is 23.2. The van der Waals surface area contributed by atoms with E-state index in [-0.39, 0.29) is 0 Å². The fraction of sp³-hybridized carbons (Fsp3) is 0.517. The molecule has 0 saturated heterocycles. The highest BCUT2D eigenvalue weighted by molar-refractivity contribution is 8.01. The molecule has 1 aliphatic rings. The third kappa shape index (κ3) is 12.8. The largest absolute Gasteiger partial charge is 0.480 e. The van der Waals surface area contributed by atoms with Crippen LogP contribution in [-0.2, 0) is 22.4 Å². The van der Waals surface area contributed by atoms with E-state index in [2.05, 4.69) is 63.5 Å². The SMILES string of the molecule is CC(C)C.CC(C)CCNC1Cc2ccc(SC(C)(C)C(=O)O)cc2C1.O=CNc1ccccc1. The Morgan fingerprint density at radius 1 is 1.06 bits per heavy atom. The van der Waals surface area contributed by atoms with Gasteiger partial charge in [-0.2, -0.15) is 0 Å². The molecule has 0 aliphatic heterocycles. The number of thioether (sulfide) groups is 1. The average Bonchev–Trinajstić information content (AvgIpc) is 3.16. The first-order valence-corrected chi connectivity index (χ1v) is 13.3. The van der Waals surface area contributed by atoms with E-state index in [1.54, 1.807) is 13.8 Å². The molecule has 35 heavy (non-hydrogen) atoms. The van der Waals surface area contributed by atoms with Crippen LogP contribution in [0.4, 0.5) is 5.69 Å². The summed E-state index contributed by atoms with van der Waals surface area (Å²) in [7, 11) is 0. The lowest BCUT2D eigenvalue weighted by atomic mass is 10.1. The van der Waals surface area contributed by atoms with Crippen LogP contribution in [0.15, 0.2) is 53.4 Å². The summed E-state index contributed by atoms with van der Waals surface area (Å²) < 4.78 is -0.790. The van der Waals surface area contributed by atoms with E-state index in [4.69, 9.17) is 0 Å². The minimum absolute atomic E-state index is 0.529. The quantitative estimate of drug-likeness (QED) is 0.265. The minimum atomic E-state index is -0.790. The van der Waals surface area contributed by atoms with Crippen LogP contribution in [0.25, 0.3) is 0 Å². The molecule has 5 nitrogen and oxygen atoms in total. The molecule has 2 aromatic rings. The van der Waals surface area contributed by atoms with Crippen molar-refractivity contribution in [2.45, 2.75) is 83.4 Å². The maximum absolute atomic E-state index is 11.3. The van der Waals surface area contributed by atoms with Crippen LogP contribution < -0.4 is 10.6 Å². The van der Waals surface area contributed by atoms with Gasteiger partial charge in [-0.25, -0.2) is 0 Å². The number of aliphatic carboxylic acids is 1. The van der Waals surface area contributed by atoms with Gasteiger partial charge in [0.1, 0.15) is 4.75 Å². The Hall–Kier alpha value is -2.31. The first kappa shape index (κ1) is 30.7. The number of hydrogen-bond donors (Lipinski definition) is 3. The number of hydrogen-bond acceptors (Lipinski definition) is 4. The number of anilines is 1. The normalized spacial score (nSPS) is 14.4. The van der Waals surface area contributed by atoms with E-state index >= 15 is 0 Å². The van der Waals surface area contributed by atoms with Gasteiger partial charge in [-0.3, -0.25) is 9.59 Å². The highest BCUT2D eigenvalue weighted by atomic mass is 32.2. The standard InChI is InChI=1S/C18H27NO2S.C7H7NO.C4H10/c1-12(2)7-8-19-15-9-13-5-6-16(11-14(13)10-15)22-18(3,4)17(20)21;9-6-8-7-4-2-1-3-5-7;1-4(2)3/h5-6,11-12,15,19H,7-10H2,1-4H3,(H,20,21);1-6H,(H,8,9);4H,1-3H3. The van der Waals surface area contributed by atoms with Crippen molar-refractivity contribution in [3.05, 3.63) is 59.7 Å². The Labute approximate surface area is 216 Å². The minimum Gasteiger partial charge on any atom is -0.480 e. The smallest absolute Gasteiger partial charge is 0.319 e. The number of nitrogens with one attached hydrogen (secondary N) is 2. The summed E-state index contributed by atoms with van der Waals surface area (Å²) in [5, 5.41) is 15.4. The van der Waals surface area contributed by atoms with Gasteiger partial charge in [-0.05, 0) is 86.9 Å². The second-order valence-electron chi connectivity index (χ2n) is 10.5. The van der Waals surface area contributed by atoms with Crippen LogP contribution in [-0.4, -0.2) is 34.8 Å². The second kappa shape index (κ2) is 15.6. The molecule has 0 fully saturated rings. The number of amides is 1. The lowest BCUT2D eigenvalue weighted by Crippen LogP contribution is -2.30. The van der Waals surface area contributed by atoms with Crippen LogP contribution in [0.3, 0.4) is 0 Å². The number of benzene rings is 2. The lowest BCUT2D eigenvalue weighted by molar-refractivity contribution is -0.138. The number of carbonyl (C=O) groups is 2. The third-order valence-corrected chi connectivity index (χ3v) is 6.33. The van der Waals surface area contributed by atoms with Crippen LogP contribution in [0.5, 0.6) is 0 Å². The van der Waals surface area contributed by atoms with Crippen LogP contribution in [0.2, 0.25) is 0 Å². The van der Waals surface area contributed by atoms with Crippen molar-refractivity contribution in [2.75, 3.05) is 11.9 Å². The molecule has 2 aromatic carbocycles. The van der Waals surface area contributed by atoms with Crippen molar-refractivity contribution in [2.24, 2.45) is 11.8 Å². The van der Waals surface area contributed by atoms with Crippen molar-refractivity contribution in [1.29, 1.82) is 0 Å². The summed E-state index contributed by atoms with van der Waals surface area (Å²) in [6.45, 7) is 15.6. The average molecular weight is 501 g/mol. The zero-order chi connectivity index (χ0) is 26.4. The molecule has 6 heteroatoms. The van der Waals surface area contributed by atoms with Gasteiger partial charge in [-0.1, -0.05) is 58.9 Å². The maximum Gasteiger partial charge on any atom is 0.319 e. The van der Waals surface area contributed by atoms with Crippen molar-refractivity contribution in [3.63, 3.8) is 0 Å². The number of carbonyl (C=O) groups excluding carboxylic acids is 1. The molecule has 1 atom stereocenters. The molecule has 0 radical (unpaired) electrons. The van der Waals surface area contributed by atoms with Gasteiger partial charge in [0.2, 0.25) is 6.41 Å². The van der Waals surface area contributed by atoms with E-state index < -0.39 is 10.7 Å². The summed E-state index contributed by atoms with van der Waals surface area (Å²) in [6.07, 6.45) is 4.01. The summed E-state index contributed by atoms with van der Waals surface area (Å²) in [5.41, 5.74) is 3.60. The Morgan fingerprint density at radius 3 is 2.20 bits per heavy atom. The summed E-state index contributed by atoms with van der Waals surface area (Å²) in [4.78, 5) is 22.2. The third-order valence-electron chi connectivity index (χ3n) is 5.15. The number of carboxylic acids is 1. The monoisotopic (exact) mass is 500 g/mol. The van der Waals surface area contributed by atoms with Crippen LogP contribution in [0.1, 0.15) is 66.0 Å². The Balaban J connectivity index is 0.000000387. The molecule has 0 bridgehead atoms. The van der Waals surface area contributed by atoms with E-state index in [0.29, 0.717) is 12.5 Å². The van der Waals surface area contributed by atoms with Crippen molar-refractivity contribution in [3.8, 4) is 0 Å². The highest BCUT2D eigenvalue weighted by Crippen LogP contribution is 2.35. The molecule has 1 amide bonds. The van der Waals surface area contributed by atoms with Gasteiger partial charge < -0.3 is 15.7 Å². The van der Waals surface area contributed by atoms with E-state index in [1.807, 2.05) is 30.3 Å². The van der Waals surface area contributed by atoms with Crippen molar-refractivity contribution < 1.29 is 14.7 Å². The van der Waals surface area contributed by atoms with Crippen molar-refractivity contribution in [1.82, 2.24) is 5.32 Å². The fourth-order valence-corrected chi connectivity index (χ4v) is 4.33. The second-order valence-corrected chi connectivity index (χ2v) is 12.1. The molecule has 0 heterocycles. The molecular weight excluding hydrogens is 456 g/mol. The topological polar surface area (TPSA) is 78.4 Å². The van der Waals surface area contributed by atoms with E-state index in [9.17, 15) is 14.7 Å². The first-order valence-electron chi connectivity index (χ1n) is 12.5. The zero-order valence-electron chi connectivity index (χ0n) is 22.4. The van der Waals surface area contributed by atoms with Gasteiger partial charge in [0.25, 0.3) is 0 Å². The van der Waals surface area contributed by atoms with Crippen LogP contribution in [0, 0.1) is 11.8 Å². The molecule has 1 aliphatic carbocycles. The van der Waals surface area contributed by atoms with Crippen molar-refractivity contribution >= 4 is 29.8 Å². The summed E-state index contributed by atoms with van der Waals surface area (Å²) in [5.74, 6) is 0.795. The van der Waals surface area contributed by atoms with Gasteiger partial charge in [0, 0.05) is 16.6 Å². The Bertz CT molecular complexity index is 895. The Kier molecular flexibility index (Phi) is 13.7. The predicted octanol–water partition coefficient (Wildman–Crippen LogP) is 6.66. The predicted molar refractivity (Wildman–Crippen MR) is 149 cm³/mol. The van der Waals surface area contributed by atoms with E-state index in [0.717, 1.165) is 41.8 Å². The molecule has 0 saturated carbocycles. The van der Waals surface area contributed by atoms with E-state index in [1.165, 1.54) is 29.3 Å². The summed E-state index contributed by atoms with van der Waals surface area (Å²) >= 11 is 1.42. The number of rotatable bonds is 9. The molecule has 3 rings (SSSR count). The molecule has 1 unspecified atom stereocenters. The van der Waals surface area contributed by atoms with Gasteiger partial charge in [0.15, 0.2) is 0 Å². The van der Waals surface area contributed by atoms with Crippen LogP contribution >= 0.6 is 11.8 Å². The maximum atomic E-state index is 11.3. The lowest BCUT2D eigenvalue weighted by Gasteiger charge is -2.18. The number of para-hydroxylation sites is 1. The Morgan fingerprint density at radius 2 is 1.66 bits per heavy atom. The van der Waals surface area contributed by atoms with Gasteiger partial charge in [0.05, 0.1) is 0 Å². The highest BCUT2D eigenvalue weighted by Gasteiger charge is 2.29. The van der Waals surface area contributed by atoms with Gasteiger partial charge in [-0.15, -0.1) is 11.8 Å². The first-order chi connectivity index (χ1) is 16.4. The molecule has 0 spiro atoms. The number of fused-ring (bicyclic) bond motifs is 1. The summed E-state index contributed by atoms with van der Waals surface area (Å²) in [6, 6.07) is 16.2. The van der Waals surface area contributed by atoms with Gasteiger partial charge >= 0.3 is 5.97 Å². The fourth-order valence-electron chi connectivity index (χ4n) is 3.32. The number of carboxylic acid groups (broad SMARTS) is 1.